The van der Waals surface area contributed by atoms with E-state index in [9.17, 15) is 10.4 Å². The van der Waals surface area contributed by atoms with Gasteiger partial charge in [0.25, 0.3) is 0 Å². The normalized spacial score (nSPS) is 11.2. The van der Waals surface area contributed by atoms with Gasteiger partial charge in [-0.05, 0) is 46.7 Å². The summed E-state index contributed by atoms with van der Waals surface area (Å²) >= 11 is 0. The minimum atomic E-state index is 0.131. The lowest BCUT2D eigenvalue weighted by molar-refractivity contribution is 0.355. The average Bonchev–Trinajstić information content (AvgIpc) is 2.67. The monoisotopic (exact) mass is 331 g/mol. The number of phenolic OH excluding ortho intramolecular Hbond substituents is 1. The summed E-state index contributed by atoms with van der Waals surface area (Å²) in [6.45, 7) is 0. The molecule has 0 fully saturated rings. The van der Waals surface area contributed by atoms with Crippen LogP contribution in [0.3, 0.4) is 0 Å². The molecule has 0 spiro atoms. The minimum Gasteiger partial charge on any atom is -0.507 e. The predicted molar refractivity (Wildman–Crippen MR) is 98.6 cm³/mol. The second-order valence-electron chi connectivity index (χ2n) is 5.46. The number of nitriles is 1. The van der Waals surface area contributed by atoms with Crippen molar-refractivity contribution < 1.29 is 14.6 Å². The molecule has 0 bridgehead atoms. The smallest absolute Gasteiger partial charge is 0.161 e. The van der Waals surface area contributed by atoms with Crippen LogP contribution in [0.25, 0.3) is 22.4 Å². The number of rotatable bonds is 4. The Morgan fingerprint density at radius 3 is 2.48 bits per heavy atom. The second kappa shape index (κ2) is 6.98. The summed E-state index contributed by atoms with van der Waals surface area (Å²) in [6.07, 6.45) is 1.69. The molecule has 0 amide bonds. The molecule has 0 atom stereocenters. The fourth-order valence-corrected chi connectivity index (χ4v) is 2.76. The topological polar surface area (TPSA) is 62.5 Å². The molecule has 25 heavy (non-hydrogen) atoms. The maximum absolute atomic E-state index is 10.3. The van der Waals surface area contributed by atoms with Crippen LogP contribution in [-0.2, 0) is 0 Å². The molecule has 1 N–H and O–H groups in total. The molecule has 0 radical (unpaired) electrons. The Kier molecular flexibility index (Phi) is 4.58. The van der Waals surface area contributed by atoms with Crippen LogP contribution in [0.2, 0.25) is 0 Å². The maximum Gasteiger partial charge on any atom is 0.161 e. The number of aromatic hydroxyl groups is 1. The Labute approximate surface area is 146 Å². The van der Waals surface area contributed by atoms with Gasteiger partial charge in [-0.3, -0.25) is 0 Å². The van der Waals surface area contributed by atoms with E-state index in [4.69, 9.17) is 9.47 Å². The Balaban J connectivity index is 2.17. The van der Waals surface area contributed by atoms with Crippen molar-refractivity contribution in [3.63, 3.8) is 0 Å². The molecular formula is C21H17NO3. The van der Waals surface area contributed by atoms with Crippen molar-refractivity contribution in [1.29, 1.82) is 5.26 Å². The first kappa shape index (κ1) is 16.4. The van der Waals surface area contributed by atoms with Crippen molar-refractivity contribution in [2.45, 2.75) is 0 Å². The van der Waals surface area contributed by atoms with E-state index in [2.05, 4.69) is 6.07 Å². The predicted octanol–water partition coefficient (Wildman–Crippen LogP) is 4.63. The van der Waals surface area contributed by atoms with E-state index in [1.54, 1.807) is 44.6 Å². The minimum absolute atomic E-state index is 0.131. The molecule has 0 aliphatic carbocycles. The molecule has 3 aromatic carbocycles. The highest BCUT2D eigenvalue weighted by molar-refractivity contribution is 6.00. The Hall–Kier alpha value is -3.45. The lowest BCUT2D eigenvalue weighted by atomic mass is 9.98. The van der Waals surface area contributed by atoms with E-state index >= 15 is 0 Å². The van der Waals surface area contributed by atoms with Crippen molar-refractivity contribution in [3.8, 4) is 23.3 Å². The summed E-state index contributed by atoms with van der Waals surface area (Å²) < 4.78 is 10.5. The molecule has 124 valence electrons. The number of methoxy groups -OCH3 is 2. The van der Waals surface area contributed by atoms with Gasteiger partial charge in [-0.1, -0.05) is 30.3 Å². The molecule has 0 aliphatic rings. The zero-order chi connectivity index (χ0) is 17.8. The van der Waals surface area contributed by atoms with Crippen LogP contribution in [0.5, 0.6) is 17.2 Å². The maximum atomic E-state index is 10.3. The van der Waals surface area contributed by atoms with Crippen molar-refractivity contribution in [3.05, 3.63) is 65.7 Å². The van der Waals surface area contributed by atoms with Gasteiger partial charge in [0.1, 0.15) is 5.75 Å². The Morgan fingerprint density at radius 1 is 1.00 bits per heavy atom. The molecule has 4 nitrogen and oxygen atoms in total. The third kappa shape index (κ3) is 3.13. The van der Waals surface area contributed by atoms with Crippen molar-refractivity contribution in [1.82, 2.24) is 0 Å². The highest BCUT2D eigenvalue weighted by atomic mass is 16.5. The molecule has 0 aliphatic heterocycles. The number of allylic oxidation sites excluding steroid dienone is 1. The first-order valence-corrected chi connectivity index (χ1v) is 7.73. The van der Waals surface area contributed by atoms with Gasteiger partial charge in [-0.2, -0.15) is 5.26 Å². The Bertz CT molecular complexity index is 1000. The van der Waals surface area contributed by atoms with Gasteiger partial charge in [0, 0.05) is 5.56 Å². The van der Waals surface area contributed by atoms with Gasteiger partial charge in [-0.15, -0.1) is 0 Å². The molecule has 3 aromatic rings. The van der Waals surface area contributed by atoms with Gasteiger partial charge in [0.15, 0.2) is 11.5 Å². The number of hydrogen-bond donors (Lipinski definition) is 1. The van der Waals surface area contributed by atoms with Crippen LogP contribution in [0.1, 0.15) is 11.1 Å². The molecule has 0 aromatic heterocycles. The summed E-state index contributed by atoms with van der Waals surface area (Å²) in [7, 11) is 3.11. The number of nitrogens with zero attached hydrogens (tertiary/aromatic N) is 1. The number of fused-ring (bicyclic) bond motifs is 1. The third-order valence-electron chi connectivity index (χ3n) is 4.05. The highest BCUT2D eigenvalue weighted by Crippen LogP contribution is 2.34. The number of hydrogen-bond acceptors (Lipinski definition) is 4. The molecule has 3 rings (SSSR count). The quantitative estimate of drug-likeness (QED) is 0.559. The first-order valence-electron chi connectivity index (χ1n) is 7.73. The van der Waals surface area contributed by atoms with Gasteiger partial charge in [0.05, 0.1) is 25.9 Å². The SMILES string of the molecule is COc1ccc(/C(C#N)=C/c2c(O)ccc3ccccc23)cc1OC. The summed E-state index contributed by atoms with van der Waals surface area (Å²) in [5.41, 5.74) is 1.73. The summed E-state index contributed by atoms with van der Waals surface area (Å²) in [5, 5.41) is 21.8. The number of benzene rings is 3. The van der Waals surface area contributed by atoms with Gasteiger partial charge in [0.2, 0.25) is 0 Å². The van der Waals surface area contributed by atoms with Crippen molar-refractivity contribution in [2.24, 2.45) is 0 Å². The number of ether oxygens (including phenoxy) is 2. The van der Waals surface area contributed by atoms with E-state index in [1.165, 1.54) is 0 Å². The fourth-order valence-electron chi connectivity index (χ4n) is 2.76. The summed E-state index contributed by atoms with van der Waals surface area (Å²) in [5.74, 6) is 1.27. The van der Waals surface area contributed by atoms with Crippen LogP contribution in [0, 0.1) is 11.3 Å². The van der Waals surface area contributed by atoms with Crippen LogP contribution in [0.15, 0.2) is 54.6 Å². The second-order valence-corrected chi connectivity index (χ2v) is 5.46. The fraction of sp³-hybridized carbons (Fsp3) is 0.0952. The van der Waals surface area contributed by atoms with Crippen LogP contribution in [-0.4, -0.2) is 19.3 Å². The van der Waals surface area contributed by atoms with E-state index in [0.717, 1.165) is 10.8 Å². The summed E-state index contributed by atoms with van der Waals surface area (Å²) in [4.78, 5) is 0. The van der Waals surface area contributed by atoms with Gasteiger partial charge in [-0.25, -0.2) is 0 Å². The largest absolute Gasteiger partial charge is 0.507 e. The lowest BCUT2D eigenvalue weighted by Crippen LogP contribution is -1.92. The molecule has 0 saturated heterocycles. The lowest BCUT2D eigenvalue weighted by Gasteiger charge is -2.10. The van der Waals surface area contributed by atoms with Crippen molar-refractivity contribution in [2.75, 3.05) is 14.2 Å². The molecule has 0 saturated carbocycles. The molecule has 0 unspecified atom stereocenters. The third-order valence-corrected chi connectivity index (χ3v) is 4.05. The summed E-state index contributed by atoms with van der Waals surface area (Å²) in [6, 6.07) is 18.7. The highest BCUT2D eigenvalue weighted by Gasteiger charge is 2.11. The van der Waals surface area contributed by atoms with Crippen molar-refractivity contribution >= 4 is 22.4 Å². The van der Waals surface area contributed by atoms with Gasteiger partial charge >= 0.3 is 0 Å². The average molecular weight is 331 g/mol. The zero-order valence-electron chi connectivity index (χ0n) is 14.0. The first-order chi connectivity index (χ1) is 12.2. The van der Waals surface area contributed by atoms with Crippen LogP contribution in [0.4, 0.5) is 0 Å². The van der Waals surface area contributed by atoms with Crippen LogP contribution < -0.4 is 9.47 Å². The Morgan fingerprint density at radius 2 is 1.76 bits per heavy atom. The standard InChI is InChI=1S/C21H17NO3/c1-24-20-10-8-15(12-21(20)25-2)16(13-22)11-18-17-6-4-3-5-14(17)7-9-19(18)23/h3-12,23H,1-2H3/b16-11+. The van der Waals surface area contributed by atoms with Crippen LogP contribution >= 0.6 is 0 Å². The molecule has 4 heteroatoms. The van der Waals surface area contributed by atoms with E-state index in [1.807, 2.05) is 30.3 Å². The van der Waals surface area contributed by atoms with E-state index in [-0.39, 0.29) is 5.75 Å². The molecular weight excluding hydrogens is 314 g/mol. The van der Waals surface area contributed by atoms with Gasteiger partial charge < -0.3 is 14.6 Å². The number of phenols is 1. The zero-order valence-corrected chi connectivity index (χ0v) is 14.0. The van der Waals surface area contributed by atoms with E-state index in [0.29, 0.717) is 28.2 Å². The van der Waals surface area contributed by atoms with E-state index < -0.39 is 0 Å². The molecule has 0 heterocycles.